The molecule has 0 unspecified atom stereocenters. The Bertz CT molecular complexity index is 651. The molecular formula is C17H21ClN4O2. The molecule has 0 bridgehead atoms. The molecule has 0 aliphatic carbocycles. The number of piperazine rings is 1. The van der Waals surface area contributed by atoms with Gasteiger partial charge in [0.15, 0.2) is 0 Å². The second-order valence-electron chi connectivity index (χ2n) is 5.96. The molecule has 0 saturated carbocycles. The Morgan fingerprint density at radius 2 is 1.79 bits per heavy atom. The van der Waals surface area contributed by atoms with Crippen molar-refractivity contribution in [3.05, 3.63) is 29.3 Å². The van der Waals surface area contributed by atoms with Gasteiger partial charge in [-0.2, -0.15) is 5.10 Å². The molecule has 2 amide bonds. The predicted octanol–water partition coefficient (Wildman–Crippen LogP) is 1.99. The summed E-state index contributed by atoms with van der Waals surface area (Å²) in [6.45, 7) is 6.31. The summed E-state index contributed by atoms with van der Waals surface area (Å²) in [6, 6.07) is 6.88. The molecule has 0 radical (unpaired) electrons. The van der Waals surface area contributed by atoms with Crippen molar-refractivity contribution in [1.29, 1.82) is 0 Å². The van der Waals surface area contributed by atoms with E-state index in [0.29, 0.717) is 42.4 Å². The minimum absolute atomic E-state index is 0.0581. The first-order valence-electron chi connectivity index (χ1n) is 8.26. The van der Waals surface area contributed by atoms with E-state index in [1.165, 1.54) is 5.01 Å². The lowest BCUT2D eigenvalue weighted by Gasteiger charge is -2.35. The van der Waals surface area contributed by atoms with Gasteiger partial charge < -0.3 is 9.80 Å². The molecule has 0 aromatic heterocycles. The number of anilines is 1. The van der Waals surface area contributed by atoms with Gasteiger partial charge in [0, 0.05) is 44.0 Å². The van der Waals surface area contributed by atoms with Crippen molar-refractivity contribution in [3.63, 3.8) is 0 Å². The van der Waals surface area contributed by atoms with Gasteiger partial charge >= 0.3 is 0 Å². The highest BCUT2D eigenvalue weighted by atomic mass is 35.5. The minimum atomic E-state index is -0.107. The summed E-state index contributed by atoms with van der Waals surface area (Å²) >= 11 is 5.89. The third-order valence-corrected chi connectivity index (χ3v) is 4.71. The maximum Gasteiger partial charge on any atom is 0.270 e. The van der Waals surface area contributed by atoms with Crippen LogP contribution in [-0.2, 0) is 9.59 Å². The number of nitrogens with zero attached hydrogens (tertiary/aromatic N) is 4. The smallest absolute Gasteiger partial charge is 0.270 e. The molecule has 128 valence electrons. The van der Waals surface area contributed by atoms with E-state index in [-0.39, 0.29) is 11.8 Å². The highest BCUT2D eigenvalue weighted by Crippen LogP contribution is 2.23. The molecule has 7 heteroatoms. The molecule has 6 nitrogen and oxygen atoms in total. The maximum absolute atomic E-state index is 12.7. The second-order valence-corrected chi connectivity index (χ2v) is 6.39. The van der Waals surface area contributed by atoms with Crippen LogP contribution in [0.2, 0.25) is 5.02 Å². The first-order chi connectivity index (χ1) is 11.6. The van der Waals surface area contributed by atoms with Crippen LogP contribution in [0.25, 0.3) is 0 Å². The number of amides is 2. The molecule has 3 rings (SSSR count). The Morgan fingerprint density at radius 1 is 1.12 bits per heavy atom. The molecule has 2 heterocycles. The van der Waals surface area contributed by atoms with Crippen LogP contribution in [0.15, 0.2) is 29.4 Å². The normalized spacial score (nSPS) is 19.4. The van der Waals surface area contributed by atoms with Gasteiger partial charge in [0.05, 0.1) is 5.69 Å². The van der Waals surface area contributed by atoms with Gasteiger partial charge in [-0.05, 0) is 30.8 Å². The van der Waals surface area contributed by atoms with E-state index in [0.717, 1.165) is 19.6 Å². The van der Waals surface area contributed by atoms with Gasteiger partial charge in [0.25, 0.3) is 5.91 Å². The van der Waals surface area contributed by atoms with Crippen LogP contribution < -0.4 is 5.01 Å². The Balaban J connectivity index is 1.75. The van der Waals surface area contributed by atoms with Crippen molar-refractivity contribution >= 4 is 34.8 Å². The van der Waals surface area contributed by atoms with Crippen LogP contribution in [0.3, 0.4) is 0 Å². The van der Waals surface area contributed by atoms with Crippen LogP contribution in [0.1, 0.15) is 19.8 Å². The summed E-state index contributed by atoms with van der Waals surface area (Å²) in [7, 11) is 0. The van der Waals surface area contributed by atoms with E-state index in [9.17, 15) is 9.59 Å². The second kappa shape index (κ2) is 7.32. The highest BCUT2D eigenvalue weighted by Gasteiger charge is 2.29. The maximum atomic E-state index is 12.7. The van der Waals surface area contributed by atoms with E-state index < -0.39 is 0 Å². The van der Waals surface area contributed by atoms with Crippen molar-refractivity contribution in [2.45, 2.75) is 19.8 Å². The summed E-state index contributed by atoms with van der Waals surface area (Å²) in [5, 5.41) is 6.24. The van der Waals surface area contributed by atoms with Crippen molar-refractivity contribution in [2.24, 2.45) is 5.10 Å². The van der Waals surface area contributed by atoms with Gasteiger partial charge in [-0.25, -0.2) is 5.01 Å². The van der Waals surface area contributed by atoms with Gasteiger partial charge in [0.1, 0.15) is 5.71 Å². The molecule has 1 saturated heterocycles. The molecule has 0 spiro atoms. The molecule has 1 aromatic carbocycles. The topological polar surface area (TPSA) is 56.2 Å². The Morgan fingerprint density at radius 3 is 2.42 bits per heavy atom. The number of benzene rings is 1. The molecule has 24 heavy (non-hydrogen) atoms. The van der Waals surface area contributed by atoms with Gasteiger partial charge in [-0.1, -0.05) is 18.5 Å². The lowest BCUT2D eigenvalue weighted by atomic mass is 10.1. The van der Waals surface area contributed by atoms with E-state index in [2.05, 4.69) is 16.9 Å². The number of hydrazone groups is 1. The molecule has 2 aliphatic rings. The van der Waals surface area contributed by atoms with E-state index >= 15 is 0 Å². The summed E-state index contributed by atoms with van der Waals surface area (Å²) in [6.07, 6.45) is 0.692. The number of rotatable bonds is 3. The van der Waals surface area contributed by atoms with Crippen LogP contribution in [0.4, 0.5) is 5.69 Å². The zero-order valence-corrected chi connectivity index (χ0v) is 14.5. The van der Waals surface area contributed by atoms with Gasteiger partial charge in [0.2, 0.25) is 5.91 Å². The summed E-state index contributed by atoms with van der Waals surface area (Å²) in [5.74, 6) is -0.165. The molecule has 1 aromatic rings. The highest BCUT2D eigenvalue weighted by molar-refractivity contribution is 6.40. The number of hydrogen-bond donors (Lipinski definition) is 0. The quantitative estimate of drug-likeness (QED) is 0.839. The lowest BCUT2D eigenvalue weighted by molar-refractivity contribution is -0.126. The fraction of sp³-hybridized carbons (Fsp3) is 0.471. The number of halogens is 1. The number of hydrogen-bond acceptors (Lipinski definition) is 4. The Kier molecular flexibility index (Phi) is 5.16. The first-order valence-corrected chi connectivity index (χ1v) is 8.64. The van der Waals surface area contributed by atoms with Gasteiger partial charge in [-0.3, -0.25) is 9.59 Å². The third kappa shape index (κ3) is 3.60. The number of likely N-dealkylation sites (N-methyl/N-ethyl adjacent to an activating group) is 1. The standard InChI is InChI=1S/C17H21ClN4O2/c1-2-20-9-11-21(12-10-20)17(24)15-7-8-16(23)22(19-15)14-5-3-13(18)4-6-14/h3-6H,2,7-12H2,1H3. The summed E-state index contributed by atoms with van der Waals surface area (Å²) < 4.78 is 0. The number of carbonyl (C=O) groups excluding carboxylic acids is 2. The van der Waals surface area contributed by atoms with Crippen molar-refractivity contribution in [1.82, 2.24) is 9.80 Å². The Labute approximate surface area is 146 Å². The monoisotopic (exact) mass is 348 g/mol. The van der Waals surface area contributed by atoms with E-state index in [1.807, 2.05) is 4.90 Å². The summed E-state index contributed by atoms with van der Waals surface area (Å²) in [5.41, 5.74) is 1.08. The predicted molar refractivity (Wildman–Crippen MR) is 94.3 cm³/mol. The molecule has 0 N–H and O–H groups in total. The summed E-state index contributed by atoms with van der Waals surface area (Å²) in [4.78, 5) is 29.0. The largest absolute Gasteiger partial charge is 0.335 e. The van der Waals surface area contributed by atoms with Crippen LogP contribution in [-0.4, -0.2) is 60.0 Å². The Hall–Kier alpha value is -1.92. The van der Waals surface area contributed by atoms with Crippen molar-refractivity contribution < 1.29 is 9.59 Å². The minimum Gasteiger partial charge on any atom is -0.335 e. The average molecular weight is 349 g/mol. The zero-order chi connectivity index (χ0) is 17.1. The molecule has 2 aliphatic heterocycles. The van der Waals surface area contributed by atoms with E-state index in [4.69, 9.17) is 11.6 Å². The average Bonchev–Trinajstić information content (AvgIpc) is 2.62. The fourth-order valence-corrected chi connectivity index (χ4v) is 3.07. The first kappa shape index (κ1) is 16.9. The van der Waals surface area contributed by atoms with Crippen LogP contribution >= 0.6 is 11.6 Å². The van der Waals surface area contributed by atoms with Crippen LogP contribution in [0.5, 0.6) is 0 Å². The fourth-order valence-electron chi connectivity index (χ4n) is 2.94. The molecular weight excluding hydrogens is 328 g/mol. The SMILES string of the molecule is CCN1CCN(C(=O)C2=NN(c3ccc(Cl)cc3)C(=O)CC2)CC1. The van der Waals surface area contributed by atoms with Crippen molar-refractivity contribution in [2.75, 3.05) is 37.7 Å². The number of carbonyl (C=O) groups is 2. The molecule has 0 atom stereocenters. The lowest BCUT2D eigenvalue weighted by Crippen LogP contribution is -2.51. The third-order valence-electron chi connectivity index (χ3n) is 4.46. The molecule has 1 fully saturated rings. The van der Waals surface area contributed by atoms with E-state index in [1.54, 1.807) is 24.3 Å². The zero-order valence-electron chi connectivity index (χ0n) is 13.7. The van der Waals surface area contributed by atoms with Gasteiger partial charge in [-0.15, -0.1) is 0 Å². The van der Waals surface area contributed by atoms with Crippen molar-refractivity contribution in [3.8, 4) is 0 Å². The van der Waals surface area contributed by atoms with Crippen LogP contribution in [0, 0.1) is 0 Å².